The molecule has 0 unspecified atom stereocenters. The third-order valence-electron chi connectivity index (χ3n) is 5.64. The standard InChI is InChI=1S/C26H25N5O2S/c32-25(27-22-11-13-23(14-12-22)33-19-20-7-3-1-4-8-20)30-15-17-31(18-16-30)26-28-24(29-34-26)21-9-5-2-6-10-21/h1-14H,15-19H2,(H,27,32). The van der Waals surface area contributed by atoms with Crippen molar-refractivity contribution >= 4 is 28.4 Å². The molecule has 172 valence electrons. The molecule has 0 saturated carbocycles. The largest absolute Gasteiger partial charge is 0.489 e. The average Bonchev–Trinajstić information content (AvgIpc) is 3.40. The lowest BCUT2D eigenvalue weighted by molar-refractivity contribution is 0.208. The van der Waals surface area contributed by atoms with E-state index in [1.807, 2.05) is 89.8 Å². The van der Waals surface area contributed by atoms with Crippen molar-refractivity contribution in [3.8, 4) is 17.1 Å². The van der Waals surface area contributed by atoms with Crippen molar-refractivity contribution in [3.63, 3.8) is 0 Å². The molecule has 1 N–H and O–H groups in total. The van der Waals surface area contributed by atoms with Gasteiger partial charge in [-0.2, -0.15) is 9.36 Å². The zero-order valence-electron chi connectivity index (χ0n) is 18.6. The molecule has 7 nitrogen and oxygen atoms in total. The number of carbonyl (C=O) groups is 1. The molecule has 3 aromatic carbocycles. The van der Waals surface area contributed by atoms with Gasteiger partial charge in [-0.1, -0.05) is 60.7 Å². The van der Waals surface area contributed by atoms with Crippen molar-refractivity contribution < 1.29 is 9.53 Å². The lowest BCUT2D eigenvalue weighted by atomic mass is 10.2. The Hall–Kier alpha value is -3.91. The lowest BCUT2D eigenvalue weighted by Gasteiger charge is -2.34. The number of urea groups is 1. The van der Waals surface area contributed by atoms with Crippen LogP contribution in [0.15, 0.2) is 84.9 Å². The van der Waals surface area contributed by atoms with E-state index in [9.17, 15) is 4.79 Å². The number of aromatic nitrogens is 2. The minimum Gasteiger partial charge on any atom is -0.489 e. The van der Waals surface area contributed by atoms with Crippen molar-refractivity contribution in [2.75, 3.05) is 36.4 Å². The van der Waals surface area contributed by atoms with Crippen LogP contribution in [-0.2, 0) is 6.61 Å². The number of nitrogens with zero attached hydrogens (tertiary/aromatic N) is 4. The van der Waals surface area contributed by atoms with Crippen molar-refractivity contribution in [2.45, 2.75) is 6.61 Å². The minimum absolute atomic E-state index is 0.0974. The van der Waals surface area contributed by atoms with Gasteiger partial charge in [-0.25, -0.2) is 4.79 Å². The molecule has 8 heteroatoms. The van der Waals surface area contributed by atoms with Crippen LogP contribution in [0.5, 0.6) is 5.75 Å². The summed E-state index contributed by atoms with van der Waals surface area (Å²) in [5.41, 5.74) is 2.87. The zero-order valence-corrected chi connectivity index (χ0v) is 19.4. The van der Waals surface area contributed by atoms with Gasteiger partial charge >= 0.3 is 6.03 Å². The van der Waals surface area contributed by atoms with E-state index in [4.69, 9.17) is 4.74 Å². The Morgan fingerprint density at radius 3 is 2.26 bits per heavy atom. The van der Waals surface area contributed by atoms with E-state index in [-0.39, 0.29) is 6.03 Å². The topological polar surface area (TPSA) is 70.6 Å². The third-order valence-corrected chi connectivity index (χ3v) is 6.42. The van der Waals surface area contributed by atoms with Gasteiger partial charge in [0.1, 0.15) is 12.4 Å². The van der Waals surface area contributed by atoms with Gasteiger partial charge in [0.25, 0.3) is 0 Å². The van der Waals surface area contributed by atoms with E-state index in [2.05, 4.69) is 19.6 Å². The van der Waals surface area contributed by atoms with Crippen LogP contribution < -0.4 is 15.0 Å². The first-order valence-corrected chi connectivity index (χ1v) is 12.0. The van der Waals surface area contributed by atoms with E-state index in [0.717, 1.165) is 46.6 Å². The highest BCUT2D eigenvalue weighted by molar-refractivity contribution is 7.09. The van der Waals surface area contributed by atoms with Crippen LogP contribution in [-0.4, -0.2) is 46.5 Å². The van der Waals surface area contributed by atoms with E-state index >= 15 is 0 Å². The SMILES string of the molecule is O=C(Nc1ccc(OCc2ccccc2)cc1)N1CCN(c2nc(-c3ccccc3)ns2)CC1. The molecule has 5 rings (SSSR count). The fourth-order valence-corrected chi connectivity index (χ4v) is 4.47. The molecule has 34 heavy (non-hydrogen) atoms. The molecular formula is C26H25N5O2S. The molecule has 0 bridgehead atoms. The molecule has 1 fully saturated rings. The first-order valence-electron chi connectivity index (χ1n) is 11.2. The summed E-state index contributed by atoms with van der Waals surface area (Å²) >= 11 is 1.40. The van der Waals surface area contributed by atoms with Gasteiger partial charge in [-0.05, 0) is 29.8 Å². The molecule has 1 saturated heterocycles. The molecule has 0 atom stereocenters. The first-order chi connectivity index (χ1) is 16.7. The molecule has 1 aromatic heterocycles. The monoisotopic (exact) mass is 471 g/mol. The Morgan fingerprint density at radius 1 is 0.882 bits per heavy atom. The number of nitrogens with one attached hydrogen (secondary N) is 1. The minimum atomic E-state index is -0.0974. The number of rotatable bonds is 6. The van der Waals surface area contributed by atoms with Crippen molar-refractivity contribution in [3.05, 3.63) is 90.5 Å². The number of benzene rings is 3. The van der Waals surface area contributed by atoms with Gasteiger partial charge in [0.15, 0.2) is 5.82 Å². The fraction of sp³-hybridized carbons (Fsp3) is 0.192. The Kier molecular flexibility index (Phi) is 6.67. The van der Waals surface area contributed by atoms with Crippen molar-refractivity contribution in [1.29, 1.82) is 0 Å². The third kappa shape index (κ3) is 5.35. The predicted octanol–water partition coefficient (Wildman–Crippen LogP) is 5.14. The Bertz CT molecular complexity index is 1210. The van der Waals surface area contributed by atoms with Crippen LogP contribution in [0.25, 0.3) is 11.4 Å². The maximum absolute atomic E-state index is 12.7. The number of ether oxygens (including phenoxy) is 1. The van der Waals surface area contributed by atoms with Gasteiger partial charge < -0.3 is 19.9 Å². The lowest BCUT2D eigenvalue weighted by Crippen LogP contribution is -2.50. The molecule has 4 aromatic rings. The maximum Gasteiger partial charge on any atom is 0.321 e. The number of anilines is 2. The second kappa shape index (κ2) is 10.4. The quantitative estimate of drug-likeness (QED) is 0.422. The van der Waals surface area contributed by atoms with E-state index in [0.29, 0.717) is 19.7 Å². The second-order valence-corrected chi connectivity index (χ2v) is 8.70. The van der Waals surface area contributed by atoms with Gasteiger partial charge in [0.2, 0.25) is 5.13 Å². The Morgan fingerprint density at radius 2 is 1.56 bits per heavy atom. The van der Waals surface area contributed by atoms with Crippen LogP contribution in [0, 0.1) is 0 Å². The zero-order chi connectivity index (χ0) is 23.2. The van der Waals surface area contributed by atoms with Gasteiger partial charge in [0.05, 0.1) is 0 Å². The number of carbonyl (C=O) groups excluding carboxylic acids is 1. The summed E-state index contributed by atoms with van der Waals surface area (Å²) in [6, 6.07) is 27.4. The van der Waals surface area contributed by atoms with Gasteiger partial charge in [0, 0.05) is 49.0 Å². The van der Waals surface area contributed by atoms with Crippen LogP contribution in [0.2, 0.25) is 0 Å². The van der Waals surface area contributed by atoms with Gasteiger partial charge in [-0.15, -0.1) is 0 Å². The van der Waals surface area contributed by atoms with Gasteiger partial charge in [-0.3, -0.25) is 0 Å². The van der Waals surface area contributed by atoms with Crippen LogP contribution in [0.4, 0.5) is 15.6 Å². The summed E-state index contributed by atoms with van der Waals surface area (Å²) in [7, 11) is 0. The molecule has 0 radical (unpaired) electrons. The van der Waals surface area contributed by atoms with Crippen LogP contribution in [0.1, 0.15) is 5.56 Å². The molecule has 0 aliphatic carbocycles. The van der Waals surface area contributed by atoms with Crippen molar-refractivity contribution in [2.24, 2.45) is 0 Å². The average molecular weight is 472 g/mol. The summed E-state index contributed by atoms with van der Waals surface area (Å²) in [5, 5.41) is 3.87. The predicted molar refractivity (Wildman–Crippen MR) is 135 cm³/mol. The smallest absolute Gasteiger partial charge is 0.321 e. The first kappa shape index (κ1) is 21.9. The highest BCUT2D eigenvalue weighted by Gasteiger charge is 2.23. The van der Waals surface area contributed by atoms with Crippen molar-refractivity contribution in [1.82, 2.24) is 14.3 Å². The van der Waals surface area contributed by atoms with E-state index in [1.54, 1.807) is 0 Å². The van der Waals surface area contributed by atoms with Crippen LogP contribution >= 0.6 is 11.5 Å². The van der Waals surface area contributed by atoms with Crippen LogP contribution in [0.3, 0.4) is 0 Å². The highest BCUT2D eigenvalue weighted by Crippen LogP contribution is 2.25. The Labute approximate surface area is 202 Å². The summed E-state index contributed by atoms with van der Waals surface area (Å²) in [6.07, 6.45) is 0. The molecule has 2 amide bonds. The van der Waals surface area contributed by atoms with E-state index in [1.165, 1.54) is 11.5 Å². The fourth-order valence-electron chi connectivity index (χ4n) is 3.73. The number of piperazine rings is 1. The highest BCUT2D eigenvalue weighted by atomic mass is 32.1. The number of amides is 2. The molecule has 1 aliphatic heterocycles. The summed E-state index contributed by atoms with van der Waals surface area (Å²) in [4.78, 5) is 21.4. The molecule has 1 aliphatic rings. The molecule has 0 spiro atoms. The Balaban J connectivity index is 1.10. The summed E-state index contributed by atoms with van der Waals surface area (Å²) in [6.45, 7) is 3.22. The number of hydrogen-bond donors (Lipinski definition) is 1. The summed E-state index contributed by atoms with van der Waals surface area (Å²) in [5.74, 6) is 1.51. The van der Waals surface area contributed by atoms with E-state index < -0.39 is 0 Å². The summed E-state index contributed by atoms with van der Waals surface area (Å²) < 4.78 is 10.3. The molecule has 2 heterocycles. The maximum atomic E-state index is 12.7. The second-order valence-electron chi connectivity index (χ2n) is 7.97. The normalized spacial score (nSPS) is 13.5. The molecular weight excluding hydrogens is 446 g/mol. The number of hydrogen-bond acceptors (Lipinski definition) is 6.